The van der Waals surface area contributed by atoms with Crippen molar-refractivity contribution in [3.05, 3.63) is 16.7 Å². The fraction of sp³-hybridized carbons (Fsp3) is 0.750. The van der Waals surface area contributed by atoms with Gasteiger partial charge < -0.3 is 14.5 Å². The smallest absolute Gasteiger partial charge is 0.177 e. The van der Waals surface area contributed by atoms with Crippen molar-refractivity contribution in [3.8, 4) is 0 Å². The fourth-order valence-corrected chi connectivity index (χ4v) is 1.86. The number of nitrogens with one attached hydrogen (secondary N) is 1. The number of imidazole rings is 1. The van der Waals surface area contributed by atoms with Gasteiger partial charge in [0.15, 0.2) is 4.77 Å². The Hall–Kier alpha value is -0.610. The standard InChI is InChI=1S/C12H23N3S/c1-9(14(5)6)8-15-10(12(2,3)4)7-13-11(15)16/h7,9H,8H2,1-6H3,(H,13,16). The van der Waals surface area contributed by atoms with Gasteiger partial charge in [0.2, 0.25) is 0 Å². The van der Waals surface area contributed by atoms with Gasteiger partial charge in [-0.2, -0.15) is 0 Å². The van der Waals surface area contributed by atoms with Gasteiger partial charge in [-0.05, 0) is 33.2 Å². The molecule has 0 aliphatic carbocycles. The van der Waals surface area contributed by atoms with Gasteiger partial charge in [-0.1, -0.05) is 20.8 Å². The van der Waals surface area contributed by atoms with Crippen LogP contribution in [0.2, 0.25) is 0 Å². The predicted octanol–water partition coefficient (Wildman–Crippen LogP) is 2.79. The number of nitrogens with zero attached hydrogens (tertiary/aromatic N) is 2. The van der Waals surface area contributed by atoms with E-state index in [1.165, 1.54) is 5.69 Å². The maximum atomic E-state index is 5.34. The summed E-state index contributed by atoms with van der Waals surface area (Å²) in [5.41, 5.74) is 1.39. The number of aromatic amines is 1. The third kappa shape index (κ3) is 2.95. The predicted molar refractivity (Wildman–Crippen MR) is 71.5 cm³/mol. The molecule has 0 saturated carbocycles. The molecule has 0 aliphatic heterocycles. The third-order valence-electron chi connectivity index (χ3n) is 2.97. The molecule has 1 unspecified atom stereocenters. The van der Waals surface area contributed by atoms with Crippen LogP contribution in [0.15, 0.2) is 6.20 Å². The molecule has 0 bridgehead atoms. The highest BCUT2D eigenvalue weighted by Crippen LogP contribution is 2.22. The largest absolute Gasteiger partial charge is 0.337 e. The zero-order chi connectivity index (χ0) is 12.5. The van der Waals surface area contributed by atoms with Gasteiger partial charge in [-0.25, -0.2) is 0 Å². The van der Waals surface area contributed by atoms with Crippen LogP contribution >= 0.6 is 12.2 Å². The Morgan fingerprint density at radius 2 is 2.00 bits per heavy atom. The highest BCUT2D eigenvalue weighted by atomic mass is 32.1. The number of aromatic nitrogens is 2. The summed E-state index contributed by atoms with van der Waals surface area (Å²) < 4.78 is 3.03. The van der Waals surface area contributed by atoms with Gasteiger partial charge in [0, 0.05) is 29.9 Å². The molecule has 1 rings (SSSR count). The number of hydrogen-bond donors (Lipinski definition) is 1. The first-order valence-electron chi connectivity index (χ1n) is 5.68. The van der Waals surface area contributed by atoms with E-state index in [1.807, 2.05) is 6.20 Å². The summed E-state index contributed by atoms with van der Waals surface area (Å²) in [4.78, 5) is 5.36. The SMILES string of the molecule is CC(Cn1c(C(C)(C)C)c[nH]c1=S)N(C)C. The first kappa shape index (κ1) is 13.5. The van der Waals surface area contributed by atoms with Crippen LogP contribution in [0.3, 0.4) is 0 Å². The topological polar surface area (TPSA) is 24.0 Å². The third-order valence-corrected chi connectivity index (χ3v) is 3.30. The van der Waals surface area contributed by atoms with Crippen LogP contribution in [0.25, 0.3) is 0 Å². The van der Waals surface area contributed by atoms with E-state index < -0.39 is 0 Å². The molecule has 1 heterocycles. The first-order valence-corrected chi connectivity index (χ1v) is 6.09. The molecule has 0 amide bonds. The number of hydrogen-bond acceptors (Lipinski definition) is 2. The molecule has 92 valence electrons. The minimum absolute atomic E-state index is 0.125. The van der Waals surface area contributed by atoms with Crippen molar-refractivity contribution in [2.45, 2.75) is 45.7 Å². The highest BCUT2D eigenvalue weighted by Gasteiger charge is 2.20. The zero-order valence-corrected chi connectivity index (χ0v) is 12.0. The summed E-state index contributed by atoms with van der Waals surface area (Å²) in [5.74, 6) is 0. The fourth-order valence-electron chi connectivity index (χ4n) is 1.63. The molecular weight excluding hydrogens is 218 g/mol. The summed E-state index contributed by atoms with van der Waals surface area (Å²) in [6.45, 7) is 9.77. The maximum Gasteiger partial charge on any atom is 0.177 e. The van der Waals surface area contributed by atoms with Gasteiger partial charge >= 0.3 is 0 Å². The second kappa shape index (κ2) is 4.72. The highest BCUT2D eigenvalue weighted by molar-refractivity contribution is 7.71. The number of likely N-dealkylation sites (N-methyl/N-ethyl adjacent to an activating group) is 1. The summed E-state index contributed by atoms with van der Waals surface area (Å²) in [7, 11) is 4.19. The van der Waals surface area contributed by atoms with E-state index in [-0.39, 0.29) is 5.41 Å². The van der Waals surface area contributed by atoms with Gasteiger partial charge in [-0.3, -0.25) is 0 Å². The van der Waals surface area contributed by atoms with Crippen LogP contribution in [-0.2, 0) is 12.0 Å². The number of H-pyrrole nitrogens is 1. The van der Waals surface area contributed by atoms with Crippen molar-refractivity contribution in [1.29, 1.82) is 0 Å². The lowest BCUT2D eigenvalue weighted by molar-refractivity contribution is 0.277. The Balaban J connectivity index is 3.04. The lowest BCUT2D eigenvalue weighted by Crippen LogP contribution is -2.31. The van der Waals surface area contributed by atoms with E-state index in [4.69, 9.17) is 12.2 Å². The molecule has 16 heavy (non-hydrogen) atoms. The van der Waals surface area contributed by atoms with Crippen molar-refractivity contribution >= 4 is 12.2 Å². The lowest BCUT2D eigenvalue weighted by Gasteiger charge is -2.25. The van der Waals surface area contributed by atoms with Gasteiger partial charge in [0.25, 0.3) is 0 Å². The van der Waals surface area contributed by atoms with Gasteiger partial charge in [0.1, 0.15) is 0 Å². The molecule has 0 aliphatic rings. The molecule has 4 heteroatoms. The van der Waals surface area contributed by atoms with E-state index >= 15 is 0 Å². The Kier molecular flexibility index (Phi) is 3.97. The second-order valence-corrected chi connectivity index (χ2v) is 6.04. The van der Waals surface area contributed by atoms with Crippen LogP contribution in [0.5, 0.6) is 0 Å². The monoisotopic (exact) mass is 241 g/mol. The van der Waals surface area contributed by atoms with Crippen LogP contribution < -0.4 is 0 Å². The van der Waals surface area contributed by atoms with Crippen molar-refractivity contribution in [2.24, 2.45) is 0 Å². The van der Waals surface area contributed by atoms with Gasteiger partial charge in [0.05, 0.1) is 0 Å². The van der Waals surface area contributed by atoms with Crippen LogP contribution in [0.4, 0.5) is 0 Å². The van der Waals surface area contributed by atoms with Crippen molar-refractivity contribution < 1.29 is 0 Å². The molecule has 1 aromatic heterocycles. The normalized spacial score (nSPS) is 14.4. The Morgan fingerprint density at radius 1 is 1.44 bits per heavy atom. The maximum absolute atomic E-state index is 5.34. The van der Waals surface area contributed by atoms with Crippen molar-refractivity contribution in [1.82, 2.24) is 14.5 Å². The zero-order valence-electron chi connectivity index (χ0n) is 11.2. The van der Waals surface area contributed by atoms with Crippen LogP contribution in [-0.4, -0.2) is 34.6 Å². The molecule has 0 radical (unpaired) electrons. The molecule has 0 fully saturated rings. The molecule has 0 saturated heterocycles. The quantitative estimate of drug-likeness (QED) is 0.823. The summed E-state index contributed by atoms with van der Waals surface area (Å²) >= 11 is 5.34. The van der Waals surface area contributed by atoms with E-state index in [9.17, 15) is 0 Å². The van der Waals surface area contributed by atoms with Crippen molar-refractivity contribution in [3.63, 3.8) is 0 Å². The summed E-state index contributed by atoms with van der Waals surface area (Å²) in [6, 6.07) is 0.476. The molecule has 3 nitrogen and oxygen atoms in total. The average molecular weight is 241 g/mol. The molecule has 0 spiro atoms. The average Bonchev–Trinajstić information content (AvgIpc) is 2.47. The lowest BCUT2D eigenvalue weighted by atomic mass is 9.92. The number of rotatable bonds is 3. The van der Waals surface area contributed by atoms with E-state index in [2.05, 4.69) is 56.2 Å². The molecule has 0 aromatic carbocycles. The van der Waals surface area contributed by atoms with E-state index in [0.717, 1.165) is 11.3 Å². The Morgan fingerprint density at radius 3 is 2.44 bits per heavy atom. The summed E-state index contributed by atoms with van der Waals surface area (Å²) in [6.07, 6.45) is 2.03. The molecule has 1 N–H and O–H groups in total. The van der Waals surface area contributed by atoms with Crippen LogP contribution in [0, 0.1) is 4.77 Å². The van der Waals surface area contributed by atoms with Crippen molar-refractivity contribution in [2.75, 3.05) is 14.1 Å². The Bertz CT molecular complexity index is 395. The first-order chi connectivity index (χ1) is 7.23. The van der Waals surface area contributed by atoms with E-state index in [0.29, 0.717) is 6.04 Å². The Labute approximate surface area is 103 Å². The van der Waals surface area contributed by atoms with Crippen LogP contribution in [0.1, 0.15) is 33.4 Å². The van der Waals surface area contributed by atoms with E-state index in [1.54, 1.807) is 0 Å². The minimum atomic E-state index is 0.125. The van der Waals surface area contributed by atoms with Gasteiger partial charge in [-0.15, -0.1) is 0 Å². The minimum Gasteiger partial charge on any atom is -0.337 e. The second-order valence-electron chi connectivity index (χ2n) is 5.65. The summed E-state index contributed by atoms with van der Waals surface area (Å²) in [5, 5.41) is 0. The molecule has 1 atom stereocenters. The molecular formula is C12H23N3S. The molecule has 1 aromatic rings.